The van der Waals surface area contributed by atoms with Crippen molar-refractivity contribution in [1.82, 2.24) is 15.1 Å². The topological polar surface area (TPSA) is 87.9 Å². The standard InChI is InChI=1S/C23H38N4O3/c1-17(2)14-26(15-19-7-5-18(3)6-8-19)20-9-12-27(22(28)16-30-4)21(13-20)23(29)25-11-10-24/h5-8,17,20-21H,9-16,24H2,1-4H3,(H,25,29)/t20?,21-/m1/s1. The second-order valence-electron chi connectivity index (χ2n) is 8.60. The molecule has 1 aromatic carbocycles. The monoisotopic (exact) mass is 418 g/mol. The Bertz CT molecular complexity index is 678. The van der Waals surface area contributed by atoms with Gasteiger partial charge in [-0.05, 0) is 31.2 Å². The minimum absolute atomic E-state index is 0.00951. The predicted octanol–water partition coefficient (Wildman–Crippen LogP) is 1.53. The highest BCUT2D eigenvalue weighted by molar-refractivity contribution is 5.88. The maximum absolute atomic E-state index is 12.8. The van der Waals surface area contributed by atoms with E-state index in [4.69, 9.17) is 10.5 Å². The summed E-state index contributed by atoms with van der Waals surface area (Å²) in [6, 6.07) is 8.35. The lowest BCUT2D eigenvalue weighted by Gasteiger charge is -2.43. The molecule has 1 saturated heterocycles. The fourth-order valence-corrected chi connectivity index (χ4v) is 4.08. The van der Waals surface area contributed by atoms with Gasteiger partial charge in [-0.25, -0.2) is 0 Å². The largest absolute Gasteiger partial charge is 0.375 e. The van der Waals surface area contributed by atoms with E-state index in [0.29, 0.717) is 32.0 Å². The highest BCUT2D eigenvalue weighted by Crippen LogP contribution is 2.25. The third-order valence-electron chi connectivity index (χ3n) is 5.53. The fraction of sp³-hybridized carbons (Fsp3) is 0.652. The summed E-state index contributed by atoms with van der Waals surface area (Å²) in [5, 5.41) is 2.87. The molecule has 0 saturated carbocycles. The van der Waals surface area contributed by atoms with Gasteiger partial charge in [-0.1, -0.05) is 43.7 Å². The molecular weight excluding hydrogens is 380 g/mol. The van der Waals surface area contributed by atoms with Gasteiger partial charge in [0, 0.05) is 45.9 Å². The van der Waals surface area contributed by atoms with Crippen LogP contribution >= 0.6 is 0 Å². The molecule has 3 N–H and O–H groups in total. The van der Waals surface area contributed by atoms with Crippen molar-refractivity contribution in [3.8, 4) is 0 Å². The van der Waals surface area contributed by atoms with Gasteiger partial charge in [0.1, 0.15) is 12.6 Å². The summed E-state index contributed by atoms with van der Waals surface area (Å²) < 4.78 is 5.03. The summed E-state index contributed by atoms with van der Waals surface area (Å²) in [4.78, 5) is 29.5. The molecule has 30 heavy (non-hydrogen) atoms. The fourth-order valence-electron chi connectivity index (χ4n) is 4.08. The Labute approximate surface area is 180 Å². The molecule has 0 bridgehead atoms. The molecule has 2 amide bonds. The molecule has 1 fully saturated rings. The lowest BCUT2D eigenvalue weighted by molar-refractivity contribution is -0.146. The lowest BCUT2D eigenvalue weighted by atomic mass is 9.93. The van der Waals surface area contributed by atoms with Crippen LogP contribution in [0.25, 0.3) is 0 Å². The Hall–Kier alpha value is -1.96. The number of piperidine rings is 1. The third-order valence-corrected chi connectivity index (χ3v) is 5.53. The molecule has 0 spiro atoms. The smallest absolute Gasteiger partial charge is 0.249 e. The van der Waals surface area contributed by atoms with E-state index in [1.807, 2.05) is 0 Å². The zero-order chi connectivity index (χ0) is 22.1. The highest BCUT2D eigenvalue weighted by atomic mass is 16.5. The number of nitrogens with one attached hydrogen (secondary N) is 1. The quantitative estimate of drug-likeness (QED) is 0.602. The summed E-state index contributed by atoms with van der Waals surface area (Å²) in [6.45, 7) is 9.63. The lowest BCUT2D eigenvalue weighted by Crippen LogP contribution is -2.58. The second kappa shape index (κ2) is 12.0. The van der Waals surface area contributed by atoms with Crippen LogP contribution in [0.15, 0.2) is 24.3 Å². The van der Waals surface area contributed by atoms with Gasteiger partial charge in [-0.15, -0.1) is 0 Å². The first-order valence-electron chi connectivity index (χ1n) is 10.9. The number of amides is 2. The Kier molecular flexibility index (Phi) is 9.75. The minimum atomic E-state index is -0.495. The number of likely N-dealkylation sites (tertiary alicyclic amines) is 1. The highest BCUT2D eigenvalue weighted by Gasteiger charge is 2.38. The number of benzene rings is 1. The summed E-state index contributed by atoms with van der Waals surface area (Å²) in [7, 11) is 1.50. The normalized spacial score (nSPS) is 19.4. The Balaban J connectivity index is 2.18. The molecule has 0 aromatic heterocycles. The van der Waals surface area contributed by atoms with Gasteiger partial charge >= 0.3 is 0 Å². The number of rotatable bonds is 10. The molecule has 0 aliphatic carbocycles. The van der Waals surface area contributed by atoms with E-state index < -0.39 is 6.04 Å². The van der Waals surface area contributed by atoms with Crippen LogP contribution in [0.1, 0.15) is 37.8 Å². The first-order valence-corrected chi connectivity index (χ1v) is 10.9. The van der Waals surface area contributed by atoms with E-state index in [1.165, 1.54) is 18.2 Å². The third kappa shape index (κ3) is 7.07. The van der Waals surface area contributed by atoms with Crippen molar-refractivity contribution in [2.24, 2.45) is 11.7 Å². The van der Waals surface area contributed by atoms with Gasteiger partial charge in [-0.3, -0.25) is 14.5 Å². The maximum atomic E-state index is 12.8. The van der Waals surface area contributed by atoms with Crippen molar-refractivity contribution < 1.29 is 14.3 Å². The van der Waals surface area contributed by atoms with Gasteiger partial charge in [0.25, 0.3) is 0 Å². The van der Waals surface area contributed by atoms with Crippen molar-refractivity contribution in [1.29, 1.82) is 0 Å². The Morgan fingerprint density at radius 3 is 2.60 bits per heavy atom. The van der Waals surface area contributed by atoms with Crippen LogP contribution < -0.4 is 11.1 Å². The number of hydrogen-bond donors (Lipinski definition) is 2. The Morgan fingerprint density at radius 1 is 1.30 bits per heavy atom. The van der Waals surface area contributed by atoms with Gasteiger partial charge in [0.05, 0.1) is 0 Å². The predicted molar refractivity (Wildman–Crippen MR) is 119 cm³/mol. The molecule has 1 unspecified atom stereocenters. The van der Waals surface area contributed by atoms with Crippen molar-refractivity contribution >= 4 is 11.8 Å². The van der Waals surface area contributed by atoms with E-state index in [9.17, 15) is 9.59 Å². The molecule has 1 aliphatic heterocycles. The van der Waals surface area contributed by atoms with E-state index in [0.717, 1.165) is 19.5 Å². The van der Waals surface area contributed by atoms with E-state index in [2.05, 4.69) is 55.3 Å². The van der Waals surface area contributed by atoms with Crippen LogP contribution in [0.5, 0.6) is 0 Å². The Morgan fingerprint density at radius 2 is 2.00 bits per heavy atom. The molecule has 168 valence electrons. The molecule has 1 aliphatic rings. The first kappa shape index (κ1) is 24.3. The zero-order valence-corrected chi connectivity index (χ0v) is 18.9. The first-order chi connectivity index (χ1) is 14.3. The summed E-state index contributed by atoms with van der Waals surface area (Å²) in [5.41, 5.74) is 8.06. The molecule has 7 heteroatoms. The van der Waals surface area contributed by atoms with Crippen molar-refractivity contribution in [2.75, 3.05) is 39.9 Å². The number of nitrogens with two attached hydrogens (primary N) is 1. The van der Waals surface area contributed by atoms with E-state index in [-0.39, 0.29) is 24.5 Å². The maximum Gasteiger partial charge on any atom is 0.249 e. The second-order valence-corrected chi connectivity index (χ2v) is 8.60. The molecule has 2 atom stereocenters. The molecular formula is C23H38N4O3. The molecule has 1 aromatic rings. The summed E-state index contributed by atoms with van der Waals surface area (Å²) in [6.07, 6.45) is 1.46. The van der Waals surface area contributed by atoms with E-state index >= 15 is 0 Å². The number of ether oxygens (including phenoxy) is 1. The number of nitrogens with zero attached hydrogens (tertiary/aromatic N) is 2. The van der Waals surface area contributed by atoms with Crippen LogP contribution in [0.2, 0.25) is 0 Å². The van der Waals surface area contributed by atoms with Crippen LogP contribution in [0.4, 0.5) is 0 Å². The van der Waals surface area contributed by atoms with Crippen LogP contribution in [-0.4, -0.2) is 73.6 Å². The molecule has 0 radical (unpaired) electrons. The molecule has 2 rings (SSSR count). The SMILES string of the molecule is COCC(=O)N1CCC(N(Cc2ccc(C)cc2)CC(C)C)C[C@@H]1C(=O)NCCN. The van der Waals surface area contributed by atoms with Crippen molar-refractivity contribution in [2.45, 2.75) is 52.2 Å². The zero-order valence-electron chi connectivity index (χ0n) is 18.9. The van der Waals surface area contributed by atoms with Gasteiger partial charge in [0.15, 0.2) is 0 Å². The molecule has 1 heterocycles. The van der Waals surface area contributed by atoms with Crippen LogP contribution in [0.3, 0.4) is 0 Å². The number of carbonyl (C=O) groups excluding carboxylic acids is 2. The van der Waals surface area contributed by atoms with Gasteiger partial charge in [0.2, 0.25) is 11.8 Å². The van der Waals surface area contributed by atoms with Gasteiger partial charge < -0.3 is 20.7 Å². The van der Waals surface area contributed by atoms with Crippen molar-refractivity contribution in [3.05, 3.63) is 35.4 Å². The number of carbonyl (C=O) groups is 2. The number of methoxy groups -OCH3 is 1. The average molecular weight is 419 g/mol. The van der Waals surface area contributed by atoms with Crippen LogP contribution in [-0.2, 0) is 20.9 Å². The number of hydrogen-bond acceptors (Lipinski definition) is 5. The van der Waals surface area contributed by atoms with E-state index in [1.54, 1.807) is 4.90 Å². The van der Waals surface area contributed by atoms with Crippen LogP contribution in [0, 0.1) is 12.8 Å². The van der Waals surface area contributed by atoms with Crippen molar-refractivity contribution in [3.63, 3.8) is 0 Å². The average Bonchev–Trinajstić information content (AvgIpc) is 2.72. The minimum Gasteiger partial charge on any atom is -0.375 e. The number of aryl methyl sites for hydroxylation is 1. The van der Waals surface area contributed by atoms with Gasteiger partial charge in [-0.2, -0.15) is 0 Å². The summed E-state index contributed by atoms with van der Waals surface area (Å²) >= 11 is 0. The molecule has 7 nitrogen and oxygen atoms in total. The summed E-state index contributed by atoms with van der Waals surface area (Å²) in [5.74, 6) is 0.236.